The Morgan fingerprint density at radius 1 is 1.15 bits per heavy atom. The van der Waals surface area contributed by atoms with E-state index >= 15 is 0 Å². The third-order valence-electron chi connectivity index (χ3n) is 5.27. The van der Waals surface area contributed by atoms with Gasteiger partial charge in [0, 0.05) is 23.3 Å². The number of fused-ring (bicyclic) bond motifs is 1. The van der Waals surface area contributed by atoms with Crippen molar-refractivity contribution < 1.29 is 18.7 Å². The van der Waals surface area contributed by atoms with Crippen LogP contribution in [0.3, 0.4) is 0 Å². The second-order valence-corrected chi connectivity index (χ2v) is 9.44. The fourth-order valence-corrected chi connectivity index (χ4v) is 3.93. The molecule has 1 aliphatic rings. The molecule has 4 rings (SSSR count). The first kappa shape index (κ1) is 23.7. The van der Waals surface area contributed by atoms with Crippen LogP contribution in [-0.4, -0.2) is 45.1 Å². The lowest BCUT2D eigenvalue weighted by Gasteiger charge is -2.28. The summed E-state index contributed by atoms with van der Waals surface area (Å²) in [6, 6.07) is 8.89. The molecule has 0 bridgehead atoms. The van der Waals surface area contributed by atoms with Gasteiger partial charge in [-0.25, -0.2) is 19.2 Å². The lowest BCUT2D eigenvalue weighted by Crippen LogP contribution is -2.45. The molecule has 0 spiro atoms. The molecule has 1 aliphatic heterocycles. The quantitative estimate of drug-likeness (QED) is 0.506. The minimum Gasteiger partial charge on any atom is -0.444 e. The van der Waals surface area contributed by atoms with Gasteiger partial charge < -0.3 is 15.4 Å². The number of nitrogens with zero attached hydrogens (tertiary/aromatic N) is 3. The van der Waals surface area contributed by atoms with E-state index < -0.39 is 23.6 Å². The molecule has 0 aliphatic carbocycles. The van der Waals surface area contributed by atoms with E-state index in [0.29, 0.717) is 41.1 Å². The van der Waals surface area contributed by atoms with Crippen LogP contribution >= 0.6 is 11.6 Å². The lowest BCUT2D eigenvalue weighted by molar-refractivity contribution is -0.120. The molecule has 1 fully saturated rings. The molecule has 10 heteroatoms. The Kier molecular flexibility index (Phi) is 6.56. The summed E-state index contributed by atoms with van der Waals surface area (Å²) in [5.74, 6) is -0.337. The highest BCUT2D eigenvalue weighted by molar-refractivity contribution is 6.31. The Bertz CT molecular complexity index is 1250. The average molecular weight is 486 g/mol. The number of ether oxygens (including phenoxy) is 1. The van der Waals surface area contributed by atoms with Crippen molar-refractivity contribution in [2.75, 3.05) is 17.2 Å². The summed E-state index contributed by atoms with van der Waals surface area (Å²) in [7, 11) is 0. The lowest BCUT2D eigenvalue weighted by atomic mass is 10.1. The molecule has 34 heavy (non-hydrogen) atoms. The predicted octanol–water partition coefficient (Wildman–Crippen LogP) is 5.50. The molecule has 2 amide bonds. The molecule has 178 valence electrons. The first-order chi connectivity index (χ1) is 16.1. The fraction of sp³-hybridized carbons (Fsp3) is 0.333. The topological polar surface area (TPSA) is 96.5 Å². The fourth-order valence-electron chi connectivity index (χ4n) is 3.75. The molecule has 2 aromatic carbocycles. The normalized spacial score (nSPS) is 15.9. The minimum absolute atomic E-state index is 0.0116. The van der Waals surface area contributed by atoms with Crippen LogP contribution in [0.4, 0.5) is 26.4 Å². The molecule has 1 aromatic heterocycles. The number of likely N-dealkylation sites (tertiary alicyclic amines) is 1. The predicted molar refractivity (Wildman–Crippen MR) is 129 cm³/mol. The Balaban J connectivity index is 1.54. The number of hydrogen-bond donors (Lipinski definition) is 2. The maximum absolute atomic E-state index is 13.5. The monoisotopic (exact) mass is 485 g/mol. The third-order valence-corrected chi connectivity index (χ3v) is 5.56. The number of carbonyl (C=O) groups is 2. The highest BCUT2D eigenvalue weighted by Crippen LogP contribution is 2.28. The van der Waals surface area contributed by atoms with Crippen LogP contribution in [0.25, 0.3) is 10.9 Å². The molecule has 1 saturated heterocycles. The summed E-state index contributed by atoms with van der Waals surface area (Å²) in [6.45, 7) is 5.84. The van der Waals surface area contributed by atoms with Crippen molar-refractivity contribution in [3.63, 3.8) is 0 Å². The maximum Gasteiger partial charge on any atom is 0.410 e. The van der Waals surface area contributed by atoms with Gasteiger partial charge in [-0.05, 0) is 70.0 Å². The summed E-state index contributed by atoms with van der Waals surface area (Å²) in [5, 5.41) is 6.64. The molecule has 3 aromatic rings. The molecule has 0 saturated carbocycles. The van der Waals surface area contributed by atoms with Crippen molar-refractivity contribution in [1.29, 1.82) is 0 Å². The Morgan fingerprint density at radius 2 is 1.91 bits per heavy atom. The van der Waals surface area contributed by atoms with E-state index in [1.807, 2.05) is 0 Å². The smallest absolute Gasteiger partial charge is 0.410 e. The molecule has 0 radical (unpaired) electrons. The number of amides is 2. The first-order valence-corrected chi connectivity index (χ1v) is 11.3. The van der Waals surface area contributed by atoms with Crippen molar-refractivity contribution in [3.05, 3.63) is 53.6 Å². The average Bonchev–Trinajstić information content (AvgIpc) is 3.26. The van der Waals surface area contributed by atoms with Gasteiger partial charge in [0.15, 0.2) is 0 Å². The van der Waals surface area contributed by atoms with Gasteiger partial charge in [0.2, 0.25) is 5.91 Å². The SMILES string of the molecule is CC(C)(C)OC(=O)N1CCC[C@@H]1C(=O)Nc1ccc2ncnc(Nc3ccc(F)c(Cl)c3)c2c1. The second kappa shape index (κ2) is 9.42. The Hall–Kier alpha value is -3.46. The van der Waals surface area contributed by atoms with Gasteiger partial charge in [0.1, 0.15) is 29.6 Å². The standard InChI is InChI=1S/C24H25ClFN5O3/c1-24(2,3)34-23(33)31-10-4-5-20(31)22(32)30-14-7-9-19-16(11-14)21(28-13-27-19)29-15-6-8-18(26)17(25)12-15/h6-9,11-13,20H,4-5,10H2,1-3H3,(H,30,32)(H,27,28,29)/t20-/m1/s1. The summed E-state index contributed by atoms with van der Waals surface area (Å²) < 4.78 is 18.9. The summed E-state index contributed by atoms with van der Waals surface area (Å²) in [5.41, 5.74) is 1.10. The second-order valence-electron chi connectivity index (χ2n) is 9.03. The van der Waals surface area contributed by atoms with Crippen LogP contribution in [0.1, 0.15) is 33.6 Å². The molecular weight excluding hydrogens is 461 g/mol. The molecule has 2 N–H and O–H groups in total. The maximum atomic E-state index is 13.5. The molecular formula is C24H25ClFN5O3. The number of carbonyl (C=O) groups excluding carboxylic acids is 2. The van der Waals surface area contributed by atoms with Crippen molar-refractivity contribution in [2.45, 2.75) is 45.3 Å². The Morgan fingerprint density at radius 3 is 2.65 bits per heavy atom. The van der Waals surface area contributed by atoms with Crippen molar-refractivity contribution in [2.24, 2.45) is 0 Å². The van der Waals surface area contributed by atoms with E-state index in [-0.39, 0.29) is 10.9 Å². The van der Waals surface area contributed by atoms with Gasteiger partial charge in [0.05, 0.1) is 10.5 Å². The van der Waals surface area contributed by atoms with Crippen LogP contribution in [0, 0.1) is 5.82 Å². The van der Waals surface area contributed by atoms with Crippen LogP contribution in [0.5, 0.6) is 0 Å². The van der Waals surface area contributed by atoms with Crippen LogP contribution in [0.2, 0.25) is 5.02 Å². The van der Waals surface area contributed by atoms with Gasteiger partial charge in [0.25, 0.3) is 0 Å². The highest BCUT2D eigenvalue weighted by atomic mass is 35.5. The van der Waals surface area contributed by atoms with Crippen LogP contribution < -0.4 is 10.6 Å². The van der Waals surface area contributed by atoms with E-state index in [9.17, 15) is 14.0 Å². The van der Waals surface area contributed by atoms with Crippen molar-refractivity contribution in [1.82, 2.24) is 14.9 Å². The van der Waals surface area contributed by atoms with Crippen molar-refractivity contribution in [3.8, 4) is 0 Å². The molecule has 1 atom stereocenters. The van der Waals surface area contributed by atoms with E-state index in [1.165, 1.54) is 23.4 Å². The van der Waals surface area contributed by atoms with E-state index in [4.69, 9.17) is 16.3 Å². The minimum atomic E-state index is -0.642. The summed E-state index contributed by atoms with van der Waals surface area (Å²) in [4.78, 5) is 35.6. The Labute approximate surface area is 201 Å². The number of aromatic nitrogens is 2. The number of nitrogens with one attached hydrogen (secondary N) is 2. The molecule has 8 nitrogen and oxygen atoms in total. The number of rotatable bonds is 4. The van der Waals surface area contributed by atoms with E-state index in [0.717, 1.165) is 6.42 Å². The summed E-state index contributed by atoms with van der Waals surface area (Å²) >= 11 is 5.88. The number of benzene rings is 2. The van der Waals surface area contributed by atoms with Gasteiger partial charge in [-0.2, -0.15) is 0 Å². The van der Waals surface area contributed by atoms with E-state index in [1.54, 1.807) is 45.0 Å². The van der Waals surface area contributed by atoms with Gasteiger partial charge in [-0.15, -0.1) is 0 Å². The zero-order valence-corrected chi connectivity index (χ0v) is 19.8. The number of hydrogen-bond acceptors (Lipinski definition) is 6. The van der Waals surface area contributed by atoms with E-state index in [2.05, 4.69) is 20.6 Å². The number of anilines is 3. The van der Waals surface area contributed by atoms with Crippen LogP contribution in [-0.2, 0) is 9.53 Å². The van der Waals surface area contributed by atoms with Gasteiger partial charge >= 0.3 is 6.09 Å². The largest absolute Gasteiger partial charge is 0.444 e. The molecule has 0 unspecified atom stereocenters. The zero-order valence-electron chi connectivity index (χ0n) is 19.1. The van der Waals surface area contributed by atoms with Gasteiger partial charge in [-0.1, -0.05) is 11.6 Å². The third kappa shape index (κ3) is 5.36. The zero-order chi connectivity index (χ0) is 24.5. The summed E-state index contributed by atoms with van der Waals surface area (Å²) in [6.07, 6.45) is 2.18. The van der Waals surface area contributed by atoms with Crippen molar-refractivity contribution >= 4 is 51.7 Å². The molecule has 2 heterocycles. The van der Waals surface area contributed by atoms with Crippen LogP contribution in [0.15, 0.2) is 42.7 Å². The van der Waals surface area contributed by atoms with Gasteiger partial charge in [-0.3, -0.25) is 9.69 Å². The highest BCUT2D eigenvalue weighted by Gasteiger charge is 2.36. The number of halogens is 2. The first-order valence-electron chi connectivity index (χ1n) is 10.9.